The highest BCUT2D eigenvalue weighted by atomic mass is 35.5. The van der Waals surface area contributed by atoms with Gasteiger partial charge in [-0.15, -0.1) is 23.2 Å². The van der Waals surface area contributed by atoms with Crippen LogP contribution in [0.1, 0.15) is 187 Å². The Labute approximate surface area is 236 Å². The lowest BCUT2D eigenvalue weighted by Gasteiger charge is -2.69. The van der Waals surface area contributed by atoms with E-state index in [1.807, 2.05) is 0 Å². The Balaban J connectivity index is 1.26. The van der Waals surface area contributed by atoms with E-state index in [0.29, 0.717) is 0 Å². The minimum atomic E-state index is -0.451. The third-order valence-electron chi connectivity index (χ3n) is 11.1. The smallest absolute Gasteiger partial charge is 0.100 e. The minimum absolute atomic E-state index is 0.247. The van der Waals surface area contributed by atoms with Crippen LogP contribution in [-0.4, -0.2) is 4.33 Å². The predicted octanol–water partition coefficient (Wildman–Crippen LogP) is 13.0. The highest BCUT2D eigenvalue weighted by Gasteiger charge is 2.72. The van der Waals surface area contributed by atoms with Crippen LogP contribution in [0.3, 0.4) is 0 Å². The Kier molecular flexibility index (Phi) is 13.8. The first-order valence-electron chi connectivity index (χ1n) is 16.9. The molecule has 0 aliphatic heterocycles. The summed E-state index contributed by atoms with van der Waals surface area (Å²) in [5.41, 5.74) is 0.493. The zero-order chi connectivity index (χ0) is 25.7. The summed E-state index contributed by atoms with van der Waals surface area (Å²) in [4.78, 5) is 0. The second-order valence-corrected chi connectivity index (χ2v) is 15.1. The van der Waals surface area contributed by atoms with Crippen molar-refractivity contribution in [2.24, 2.45) is 22.7 Å². The maximum atomic E-state index is 7.33. The third-order valence-corrected chi connectivity index (χ3v) is 12.7. The van der Waals surface area contributed by atoms with Crippen molar-refractivity contribution in [1.29, 1.82) is 0 Å². The van der Waals surface area contributed by atoms with Crippen molar-refractivity contribution in [2.45, 2.75) is 192 Å². The maximum absolute atomic E-state index is 7.33. The Morgan fingerprint density at radius 3 is 1.08 bits per heavy atom. The van der Waals surface area contributed by atoms with E-state index < -0.39 is 4.33 Å². The van der Waals surface area contributed by atoms with Crippen LogP contribution in [0.5, 0.6) is 0 Å². The Morgan fingerprint density at radius 2 is 0.778 bits per heavy atom. The quantitative estimate of drug-likeness (QED) is 0.120. The molecule has 0 radical (unpaired) electrons. The van der Waals surface area contributed by atoms with E-state index >= 15 is 0 Å². The maximum Gasteiger partial charge on any atom is 0.129 e. The van der Waals surface area contributed by atoms with Gasteiger partial charge in [0.1, 0.15) is 4.33 Å². The van der Waals surface area contributed by atoms with Gasteiger partial charge < -0.3 is 0 Å². The average molecular weight is 542 g/mol. The highest BCUT2D eigenvalue weighted by Crippen LogP contribution is 2.76. The van der Waals surface area contributed by atoms with Crippen LogP contribution in [0.15, 0.2) is 0 Å². The summed E-state index contributed by atoms with van der Waals surface area (Å²) >= 11 is 14.7. The topological polar surface area (TPSA) is 0 Å². The molecule has 212 valence electrons. The molecule has 0 aromatic heterocycles. The summed E-state index contributed by atoms with van der Waals surface area (Å²) in [6, 6.07) is 0. The molecule has 0 aromatic rings. The molecular formula is C34H62Cl2. The third kappa shape index (κ3) is 8.29. The van der Waals surface area contributed by atoms with E-state index in [1.165, 1.54) is 173 Å². The van der Waals surface area contributed by atoms with Crippen LogP contribution >= 0.6 is 23.2 Å². The second-order valence-electron chi connectivity index (χ2n) is 13.7. The molecule has 0 nitrogen and oxygen atoms in total. The molecule has 0 unspecified atom stereocenters. The van der Waals surface area contributed by atoms with Crippen LogP contribution in [0.4, 0.5) is 0 Å². The summed E-state index contributed by atoms with van der Waals surface area (Å²) < 4.78 is -0.451. The summed E-state index contributed by atoms with van der Waals surface area (Å²) in [6.07, 6.45) is 37.9. The standard InChI is InChI=1S/C34H62Cl2/c1-3-5-7-9-11-13-15-17-19-30-21-25-32(26-22-30)29-33(34(32,35)36)27-23-31(24-28-33)20-18-16-14-12-10-8-6-4-2/h30-31H,3-29H2,1-2H3/t30?,31?,32-,33-. The Bertz CT molecular complexity index is 518. The van der Waals surface area contributed by atoms with Gasteiger partial charge in [0, 0.05) is 10.8 Å². The van der Waals surface area contributed by atoms with E-state index in [-0.39, 0.29) is 10.8 Å². The van der Waals surface area contributed by atoms with E-state index in [4.69, 9.17) is 23.2 Å². The molecule has 3 saturated carbocycles. The largest absolute Gasteiger partial charge is 0.129 e. The molecule has 3 rings (SSSR count). The van der Waals surface area contributed by atoms with Gasteiger partial charge in [-0.05, 0) is 69.6 Å². The molecule has 0 aromatic carbocycles. The van der Waals surface area contributed by atoms with Crippen molar-refractivity contribution in [1.82, 2.24) is 0 Å². The Morgan fingerprint density at radius 1 is 0.472 bits per heavy atom. The van der Waals surface area contributed by atoms with E-state index in [1.54, 1.807) is 0 Å². The minimum Gasteiger partial charge on any atom is -0.100 e. The van der Waals surface area contributed by atoms with Crippen molar-refractivity contribution in [2.75, 3.05) is 0 Å². The lowest BCUT2D eigenvalue weighted by atomic mass is 9.43. The van der Waals surface area contributed by atoms with Crippen molar-refractivity contribution < 1.29 is 0 Å². The first kappa shape index (κ1) is 31.1. The fourth-order valence-corrected chi connectivity index (χ4v) is 9.50. The number of alkyl halides is 2. The van der Waals surface area contributed by atoms with E-state index in [0.717, 1.165) is 11.8 Å². The predicted molar refractivity (Wildman–Crippen MR) is 162 cm³/mol. The summed E-state index contributed by atoms with van der Waals surface area (Å²) in [6.45, 7) is 4.61. The monoisotopic (exact) mass is 540 g/mol. The van der Waals surface area contributed by atoms with Gasteiger partial charge in [0.25, 0.3) is 0 Å². The number of hydrogen-bond donors (Lipinski definition) is 0. The SMILES string of the molecule is CCCCCCCCCCC1CC[C@]2(CC1)C[C@@]1(CCC(CCCCCCCCCC)CC1)C2(Cl)Cl. The normalized spacial score (nSPS) is 31.7. The summed E-state index contributed by atoms with van der Waals surface area (Å²) in [7, 11) is 0. The van der Waals surface area contributed by atoms with Crippen molar-refractivity contribution in [3.05, 3.63) is 0 Å². The highest BCUT2D eigenvalue weighted by molar-refractivity contribution is 6.50. The van der Waals surface area contributed by atoms with Gasteiger partial charge in [-0.2, -0.15) is 0 Å². The molecule has 2 spiro atoms. The van der Waals surface area contributed by atoms with Gasteiger partial charge in [0.2, 0.25) is 0 Å². The van der Waals surface area contributed by atoms with Crippen molar-refractivity contribution in [3.8, 4) is 0 Å². The van der Waals surface area contributed by atoms with Crippen LogP contribution in [0, 0.1) is 22.7 Å². The van der Waals surface area contributed by atoms with Crippen LogP contribution in [0.25, 0.3) is 0 Å². The number of hydrogen-bond acceptors (Lipinski definition) is 0. The van der Waals surface area contributed by atoms with Gasteiger partial charge >= 0.3 is 0 Å². The van der Waals surface area contributed by atoms with Gasteiger partial charge in [0.15, 0.2) is 0 Å². The molecule has 36 heavy (non-hydrogen) atoms. The molecule has 0 N–H and O–H groups in total. The fourth-order valence-electron chi connectivity index (χ4n) is 8.48. The number of rotatable bonds is 18. The molecule has 2 heteroatoms. The lowest BCUT2D eigenvalue weighted by Crippen LogP contribution is -2.66. The zero-order valence-electron chi connectivity index (χ0n) is 24.5. The number of halogens is 2. The van der Waals surface area contributed by atoms with Gasteiger partial charge in [-0.25, -0.2) is 0 Å². The fraction of sp³-hybridized carbons (Fsp3) is 1.00. The number of unbranched alkanes of at least 4 members (excludes halogenated alkanes) is 14. The van der Waals surface area contributed by atoms with Gasteiger partial charge in [-0.1, -0.05) is 129 Å². The molecule has 3 aliphatic carbocycles. The molecule has 0 bridgehead atoms. The summed E-state index contributed by atoms with van der Waals surface area (Å²) in [5.74, 6) is 1.89. The lowest BCUT2D eigenvalue weighted by molar-refractivity contribution is -0.115. The summed E-state index contributed by atoms with van der Waals surface area (Å²) in [5, 5.41) is 0. The zero-order valence-corrected chi connectivity index (χ0v) is 26.0. The molecule has 0 amide bonds. The second kappa shape index (κ2) is 16.0. The van der Waals surface area contributed by atoms with Crippen LogP contribution in [0.2, 0.25) is 0 Å². The van der Waals surface area contributed by atoms with Crippen molar-refractivity contribution >= 4 is 23.2 Å². The van der Waals surface area contributed by atoms with E-state index in [2.05, 4.69) is 13.8 Å². The van der Waals surface area contributed by atoms with Crippen LogP contribution in [-0.2, 0) is 0 Å². The molecular weight excluding hydrogens is 479 g/mol. The Hall–Kier alpha value is 0.580. The molecule has 3 fully saturated rings. The molecule has 0 saturated heterocycles. The van der Waals surface area contributed by atoms with Crippen molar-refractivity contribution in [3.63, 3.8) is 0 Å². The van der Waals surface area contributed by atoms with Gasteiger partial charge in [0.05, 0.1) is 0 Å². The first-order valence-corrected chi connectivity index (χ1v) is 17.6. The molecule has 0 heterocycles. The molecule has 3 aliphatic rings. The average Bonchev–Trinajstić information content (AvgIpc) is 2.89. The molecule has 0 atom stereocenters. The van der Waals surface area contributed by atoms with Crippen LogP contribution < -0.4 is 0 Å². The van der Waals surface area contributed by atoms with E-state index in [9.17, 15) is 0 Å². The van der Waals surface area contributed by atoms with Gasteiger partial charge in [-0.3, -0.25) is 0 Å². The first-order chi connectivity index (χ1) is 17.5.